The highest BCUT2D eigenvalue weighted by Gasteiger charge is 2.43. The second kappa shape index (κ2) is 13.1. The number of para-hydroxylation sites is 2. The fourth-order valence-electron chi connectivity index (χ4n) is 13.0. The summed E-state index contributed by atoms with van der Waals surface area (Å²) in [5.41, 5.74) is 22.7. The zero-order valence-electron chi connectivity index (χ0n) is 38.4. The number of fused-ring (bicyclic) bond motifs is 11. The van der Waals surface area contributed by atoms with E-state index in [1.54, 1.807) is 0 Å². The molecule has 0 saturated heterocycles. The summed E-state index contributed by atoms with van der Waals surface area (Å²) in [4.78, 5) is 2.49. The molecule has 0 fully saturated rings. The lowest BCUT2D eigenvalue weighted by atomic mass is 9.79. The van der Waals surface area contributed by atoms with Crippen LogP contribution in [0.3, 0.4) is 0 Å². The molecule has 0 atom stereocenters. The van der Waals surface area contributed by atoms with Gasteiger partial charge in [-0.25, -0.2) is 0 Å². The van der Waals surface area contributed by atoms with Gasteiger partial charge in [0.05, 0.1) is 5.70 Å². The zero-order chi connectivity index (χ0) is 44.4. The number of aryl methyl sites for hydroxylation is 1. The molecule has 0 spiro atoms. The van der Waals surface area contributed by atoms with Crippen molar-refractivity contribution in [2.75, 3.05) is 4.90 Å². The molecule has 0 N–H and O–H groups in total. The van der Waals surface area contributed by atoms with Crippen molar-refractivity contribution >= 4 is 70.9 Å². The van der Waals surface area contributed by atoms with Crippen molar-refractivity contribution in [1.82, 2.24) is 0 Å². The number of anilines is 2. The minimum Gasteiger partial charge on any atom is -0.310 e. The Kier molecular flexibility index (Phi) is 7.50. The van der Waals surface area contributed by atoms with E-state index in [0.29, 0.717) is 0 Å². The number of hydrogen-bond acceptors (Lipinski definition) is 1. The van der Waals surface area contributed by atoms with Gasteiger partial charge in [-0.3, -0.25) is 0 Å². The maximum absolute atomic E-state index is 2.59. The number of benzene rings is 11. The summed E-state index contributed by atoms with van der Waals surface area (Å²) in [6.45, 7) is 14.3. The van der Waals surface area contributed by atoms with Crippen molar-refractivity contribution in [3.8, 4) is 33.4 Å². The Balaban J connectivity index is 0.969. The average Bonchev–Trinajstić information content (AvgIpc) is 3.70. The van der Waals surface area contributed by atoms with Crippen molar-refractivity contribution in [2.45, 2.75) is 58.8 Å². The number of allylic oxidation sites excluding steroid dienone is 1. The molecule has 0 unspecified atom stereocenters. The number of rotatable bonds is 3. The highest BCUT2D eigenvalue weighted by molar-refractivity contribution is 6.29. The van der Waals surface area contributed by atoms with Crippen LogP contribution < -0.4 is 4.90 Å². The monoisotopic (exact) mass is 843 g/mol. The Bertz CT molecular complexity index is 3970. The van der Waals surface area contributed by atoms with E-state index in [-0.39, 0.29) is 10.8 Å². The number of nitrogens with zero attached hydrogens (tertiary/aromatic N) is 1. The van der Waals surface area contributed by atoms with Gasteiger partial charge in [0.25, 0.3) is 0 Å². The van der Waals surface area contributed by atoms with E-state index in [4.69, 9.17) is 0 Å². The minimum absolute atomic E-state index is 0.113. The van der Waals surface area contributed by atoms with Crippen LogP contribution in [0.2, 0.25) is 0 Å². The highest BCUT2D eigenvalue weighted by atomic mass is 15.2. The third-order valence-corrected chi connectivity index (χ3v) is 16.1. The normalized spacial score (nSPS) is 15.5. The summed E-state index contributed by atoms with van der Waals surface area (Å²) in [7, 11) is 0. The molecule has 1 aliphatic heterocycles. The summed E-state index contributed by atoms with van der Waals surface area (Å²) in [5.74, 6) is 0. The van der Waals surface area contributed by atoms with Crippen LogP contribution >= 0.6 is 0 Å². The first-order valence-corrected chi connectivity index (χ1v) is 23.7. The van der Waals surface area contributed by atoms with Crippen LogP contribution in [0.25, 0.3) is 92.9 Å². The molecule has 1 nitrogen and oxygen atoms in total. The van der Waals surface area contributed by atoms with Gasteiger partial charge in [-0.2, -0.15) is 0 Å². The van der Waals surface area contributed by atoms with Crippen molar-refractivity contribution in [1.29, 1.82) is 0 Å². The largest absolute Gasteiger partial charge is 0.310 e. The second-order valence-electron chi connectivity index (χ2n) is 20.6. The molecule has 314 valence electrons. The smallest absolute Gasteiger partial charge is 0.0532 e. The minimum atomic E-state index is -0.159. The molecule has 14 rings (SSSR count). The fourth-order valence-corrected chi connectivity index (χ4v) is 13.0. The van der Waals surface area contributed by atoms with E-state index in [9.17, 15) is 0 Å². The Hall–Kier alpha value is -7.48. The third-order valence-electron chi connectivity index (χ3n) is 16.1. The first-order chi connectivity index (χ1) is 32.1. The van der Waals surface area contributed by atoms with E-state index in [1.165, 1.54) is 149 Å². The van der Waals surface area contributed by atoms with Crippen LogP contribution in [-0.2, 0) is 17.3 Å². The standard InChI is InChI=1S/C65H49N/c1-37-20-21-39-25-31-54-62(51(39)32-37)53-36-56-52(35-55(53)64(54,3)4)61-50-28-23-40-22-26-47(48-27-24-42(60(50)59(40)48)34-57(61)65(56,5)6)46-29-30-49(45-18-12-11-17-44(45)46)63-38(2)33-41-14-10-13-19-58(41)66(63)43-15-8-7-9-16-43/h7-32,34-36H,33H2,1-6H3. The lowest BCUT2D eigenvalue weighted by Gasteiger charge is -2.36. The van der Waals surface area contributed by atoms with E-state index in [1.807, 2.05) is 0 Å². The maximum Gasteiger partial charge on any atom is 0.0532 e. The molecule has 0 amide bonds. The lowest BCUT2D eigenvalue weighted by molar-refractivity contribution is 0.652. The van der Waals surface area contributed by atoms with Crippen LogP contribution in [0.1, 0.15) is 73.6 Å². The second-order valence-corrected chi connectivity index (χ2v) is 20.6. The van der Waals surface area contributed by atoms with Gasteiger partial charge in [0.15, 0.2) is 0 Å². The summed E-state index contributed by atoms with van der Waals surface area (Å²) in [6.07, 6.45) is 0.927. The maximum atomic E-state index is 2.59. The summed E-state index contributed by atoms with van der Waals surface area (Å²) >= 11 is 0. The van der Waals surface area contributed by atoms with E-state index in [2.05, 4.69) is 222 Å². The first-order valence-electron chi connectivity index (χ1n) is 23.7. The predicted molar refractivity (Wildman–Crippen MR) is 282 cm³/mol. The van der Waals surface area contributed by atoms with Crippen LogP contribution in [0, 0.1) is 6.92 Å². The van der Waals surface area contributed by atoms with Crippen LogP contribution in [0.4, 0.5) is 11.4 Å². The third kappa shape index (κ3) is 4.90. The SMILES string of the molecule is CC1=C(c2ccc(-c3ccc4ccc5c6c(cc7ccc3c4c75)C(C)(C)c3cc4c(cc3-6)C(C)(C)c3ccc5ccc(C)cc5c3-4)c3ccccc23)N(c2ccccc2)c2ccccc2C1. The van der Waals surface area contributed by atoms with Crippen molar-refractivity contribution < 1.29 is 0 Å². The van der Waals surface area contributed by atoms with Gasteiger partial charge < -0.3 is 4.90 Å². The molecule has 0 saturated carbocycles. The molecule has 0 radical (unpaired) electrons. The van der Waals surface area contributed by atoms with E-state index in [0.717, 1.165) is 6.42 Å². The molecule has 3 aliphatic rings. The molecule has 0 aromatic heterocycles. The van der Waals surface area contributed by atoms with E-state index >= 15 is 0 Å². The molecular weight excluding hydrogens is 795 g/mol. The predicted octanol–water partition coefficient (Wildman–Crippen LogP) is 17.6. The molecule has 1 heterocycles. The molecular formula is C65H49N. The summed E-state index contributed by atoms with van der Waals surface area (Å²) in [6, 6.07) is 67.4. The van der Waals surface area contributed by atoms with Gasteiger partial charge in [0, 0.05) is 27.8 Å². The van der Waals surface area contributed by atoms with E-state index < -0.39 is 0 Å². The molecule has 66 heavy (non-hydrogen) atoms. The molecule has 1 heteroatoms. The summed E-state index contributed by atoms with van der Waals surface area (Å²) < 4.78 is 0. The number of hydrogen-bond donors (Lipinski definition) is 0. The molecule has 11 aromatic rings. The van der Waals surface area contributed by atoms with Gasteiger partial charge in [0.1, 0.15) is 0 Å². The topological polar surface area (TPSA) is 3.24 Å². The Labute approximate surface area is 386 Å². The Morgan fingerprint density at radius 2 is 0.970 bits per heavy atom. The van der Waals surface area contributed by atoms with Crippen LogP contribution in [-0.4, -0.2) is 0 Å². The summed E-state index contributed by atoms with van der Waals surface area (Å²) in [5, 5.41) is 13.2. The molecule has 11 aromatic carbocycles. The average molecular weight is 844 g/mol. The van der Waals surface area contributed by atoms with Crippen LogP contribution in [0.5, 0.6) is 0 Å². The van der Waals surface area contributed by atoms with Crippen molar-refractivity contribution in [3.05, 3.63) is 220 Å². The van der Waals surface area contributed by atoms with Gasteiger partial charge in [-0.1, -0.05) is 173 Å². The Morgan fingerprint density at radius 1 is 0.394 bits per heavy atom. The lowest BCUT2D eigenvalue weighted by Crippen LogP contribution is -2.22. The fraction of sp³-hybridized carbons (Fsp3) is 0.138. The zero-order valence-corrected chi connectivity index (χ0v) is 38.4. The van der Waals surface area contributed by atoms with Gasteiger partial charge >= 0.3 is 0 Å². The van der Waals surface area contributed by atoms with Crippen molar-refractivity contribution in [3.63, 3.8) is 0 Å². The molecule has 2 aliphatic carbocycles. The first kappa shape index (κ1) is 37.9. The Morgan fingerprint density at radius 3 is 1.77 bits per heavy atom. The van der Waals surface area contributed by atoms with Gasteiger partial charge in [0.2, 0.25) is 0 Å². The highest BCUT2D eigenvalue weighted by Crippen LogP contribution is 2.59. The van der Waals surface area contributed by atoms with Gasteiger partial charge in [-0.05, 0) is 177 Å². The quantitative estimate of drug-likeness (QED) is 0.160. The molecule has 0 bridgehead atoms. The van der Waals surface area contributed by atoms with Gasteiger partial charge in [-0.15, -0.1) is 0 Å². The van der Waals surface area contributed by atoms with Crippen molar-refractivity contribution in [2.24, 2.45) is 0 Å². The van der Waals surface area contributed by atoms with Crippen LogP contribution in [0.15, 0.2) is 181 Å².